The van der Waals surface area contributed by atoms with Gasteiger partial charge in [0, 0.05) is 25.4 Å². The first-order valence-corrected chi connectivity index (χ1v) is 10.3. The molecule has 0 unspecified atom stereocenters. The van der Waals surface area contributed by atoms with Gasteiger partial charge < -0.3 is 0 Å². The van der Waals surface area contributed by atoms with Gasteiger partial charge >= 0.3 is 0 Å². The molecule has 0 spiro atoms. The number of benzene rings is 1. The summed E-state index contributed by atoms with van der Waals surface area (Å²) in [6.07, 6.45) is 2.17. The fraction of sp³-hybridized carbons (Fsp3) is 0.400. The first-order chi connectivity index (χ1) is 9.61. The number of hydrogen-bond donors (Lipinski definition) is 0. The van der Waals surface area contributed by atoms with Gasteiger partial charge in [-0.2, -0.15) is 0 Å². The molecule has 1 aromatic heterocycles. The SMILES string of the molecule is Cc1ncsc1CCC(CBr)(CBr)c1cccc(Br)c1. The van der Waals surface area contributed by atoms with E-state index in [-0.39, 0.29) is 5.41 Å². The highest BCUT2D eigenvalue weighted by Crippen LogP contribution is 2.35. The molecule has 0 atom stereocenters. The van der Waals surface area contributed by atoms with Crippen LogP contribution in [0.5, 0.6) is 0 Å². The molecule has 108 valence electrons. The van der Waals surface area contributed by atoms with Crippen molar-refractivity contribution >= 4 is 59.1 Å². The van der Waals surface area contributed by atoms with E-state index in [9.17, 15) is 0 Å². The predicted molar refractivity (Wildman–Crippen MR) is 98.6 cm³/mol. The molecular formula is C15H16Br3NS. The van der Waals surface area contributed by atoms with Gasteiger partial charge in [-0.05, 0) is 37.5 Å². The zero-order valence-electron chi connectivity index (χ0n) is 11.2. The van der Waals surface area contributed by atoms with Crippen LogP contribution >= 0.6 is 59.1 Å². The van der Waals surface area contributed by atoms with Gasteiger partial charge in [0.2, 0.25) is 0 Å². The molecule has 0 aliphatic rings. The van der Waals surface area contributed by atoms with E-state index in [0.717, 1.165) is 28.0 Å². The normalized spacial score (nSPS) is 11.8. The largest absolute Gasteiger partial charge is 0.250 e. The van der Waals surface area contributed by atoms with Gasteiger partial charge in [-0.1, -0.05) is 59.9 Å². The summed E-state index contributed by atoms with van der Waals surface area (Å²) < 4.78 is 1.13. The van der Waals surface area contributed by atoms with Crippen LogP contribution < -0.4 is 0 Å². The second kappa shape index (κ2) is 7.52. The monoisotopic (exact) mass is 479 g/mol. The predicted octanol–water partition coefficient (Wildman–Crippen LogP) is 5.87. The van der Waals surface area contributed by atoms with Crippen LogP contribution in [0.2, 0.25) is 0 Å². The molecule has 0 saturated carbocycles. The lowest BCUT2D eigenvalue weighted by molar-refractivity contribution is 0.506. The molecule has 0 aliphatic heterocycles. The van der Waals surface area contributed by atoms with Crippen LogP contribution in [0.25, 0.3) is 0 Å². The molecule has 2 aromatic rings. The molecule has 5 heteroatoms. The Morgan fingerprint density at radius 3 is 2.55 bits per heavy atom. The lowest BCUT2D eigenvalue weighted by atomic mass is 9.80. The Kier molecular flexibility index (Phi) is 6.26. The average Bonchev–Trinajstić information content (AvgIpc) is 2.86. The Morgan fingerprint density at radius 2 is 2.00 bits per heavy atom. The Bertz CT molecular complexity index is 564. The third kappa shape index (κ3) is 3.73. The minimum absolute atomic E-state index is 0.111. The number of hydrogen-bond acceptors (Lipinski definition) is 2. The molecule has 1 nitrogen and oxygen atoms in total. The molecule has 0 aliphatic carbocycles. The number of nitrogens with zero attached hydrogens (tertiary/aromatic N) is 1. The third-order valence-corrected chi connectivity index (χ3v) is 7.26. The van der Waals surface area contributed by atoms with Crippen molar-refractivity contribution in [3.63, 3.8) is 0 Å². The Balaban J connectivity index is 2.23. The molecule has 2 rings (SSSR count). The van der Waals surface area contributed by atoms with Gasteiger partial charge in [0.1, 0.15) is 0 Å². The maximum atomic E-state index is 4.34. The van der Waals surface area contributed by atoms with Gasteiger partial charge in [-0.15, -0.1) is 11.3 Å². The molecule has 0 saturated heterocycles. The van der Waals surface area contributed by atoms with Crippen LogP contribution in [0, 0.1) is 6.92 Å². The van der Waals surface area contributed by atoms with Crippen molar-refractivity contribution in [2.24, 2.45) is 0 Å². The first kappa shape index (κ1) is 16.7. The lowest BCUT2D eigenvalue weighted by Crippen LogP contribution is -2.31. The fourth-order valence-corrected chi connectivity index (χ4v) is 5.52. The highest BCUT2D eigenvalue weighted by molar-refractivity contribution is 9.10. The number of halogens is 3. The zero-order chi connectivity index (χ0) is 14.6. The number of thiazole rings is 1. The van der Waals surface area contributed by atoms with Crippen LogP contribution in [0.4, 0.5) is 0 Å². The molecule has 20 heavy (non-hydrogen) atoms. The first-order valence-electron chi connectivity index (χ1n) is 6.38. The summed E-state index contributed by atoms with van der Waals surface area (Å²) in [4.78, 5) is 5.74. The second-order valence-electron chi connectivity index (χ2n) is 4.92. The standard InChI is InChI=1S/C15H16Br3NS/c1-11-14(20-10-19-11)5-6-15(8-16,9-17)12-3-2-4-13(18)7-12/h2-4,7,10H,5-6,8-9H2,1H3. The van der Waals surface area contributed by atoms with Crippen LogP contribution in [-0.4, -0.2) is 15.6 Å². The summed E-state index contributed by atoms with van der Waals surface area (Å²) in [7, 11) is 0. The van der Waals surface area contributed by atoms with E-state index in [2.05, 4.69) is 84.0 Å². The van der Waals surface area contributed by atoms with Gasteiger partial charge in [0.15, 0.2) is 0 Å². The summed E-state index contributed by atoms with van der Waals surface area (Å²) in [5, 5.41) is 1.89. The minimum atomic E-state index is 0.111. The summed E-state index contributed by atoms with van der Waals surface area (Å²) in [6, 6.07) is 8.62. The van der Waals surface area contributed by atoms with E-state index < -0.39 is 0 Å². The zero-order valence-corrected chi connectivity index (χ0v) is 16.8. The number of rotatable bonds is 6. The lowest BCUT2D eigenvalue weighted by Gasteiger charge is -2.31. The fourth-order valence-electron chi connectivity index (χ4n) is 2.21. The van der Waals surface area contributed by atoms with Gasteiger partial charge in [0.05, 0.1) is 11.2 Å². The van der Waals surface area contributed by atoms with Crippen LogP contribution in [-0.2, 0) is 11.8 Å². The van der Waals surface area contributed by atoms with Crippen molar-refractivity contribution < 1.29 is 0 Å². The number of aryl methyl sites for hydroxylation is 2. The molecule has 0 fully saturated rings. The maximum Gasteiger partial charge on any atom is 0.0797 e. The number of alkyl halides is 2. The summed E-state index contributed by atoms with van der Waals surface area (Å²) in [5.74, 6) is 0. The molecule has 0 radical (unpaired) electrons. The Labute approximate surface area is 149 Å². The third-order valence-electron chi connectivity index (χ3n) is 3.62. The molecule has 1 heterocycles. The average molecular weight is 482 g/mol. The summed E-state index contributed by atoms with van der Waals surface area (Å²) in [6.45, 7) is 2.09. The number of aromatic nitrogens is 1. The molecule has 0 amide bonds. The molecule has 1 aromatic carbocycles. The summed E-state index contributed by atoms with van der Waals surface area (Å²) in [5.41, 5.74) is 4.58. The van der Waals surface area contributed by atoms with Crippen molar-refractivity contribution in [3.05, 3.63) is 50.4 Å². The maximum absolute atomic E-state index is 4.34. The second-order valence-corrected chi connectivity index (χ2v) is 7.90. The molecular weight excluding hydrogens is 466 g/mol. The van der Waals surface area contributed by atoms with Gasteiger partial charge in [0.25, 0.3) is 0 Å². The highest BCUT2D eigenvalue weighted by Gasteiger charge is 2.30. The van der Waals surface area contributed by atoms with E-state index in [1.165, 1.54) is 16.1 Å². The van der Waals surface area contributed by atoms with Crippen molar-refractivity contribution in [1.82, 2.24) is 4.98 Å². The quantitative estimate of drug-likeness (QED) is 0.470. The topological polar surface area (TPSA) is 12.9 Å². The van der Waals surface area contributed by atoms with Crippen LogP contribution in [0.1, 0.15) is 22.6 Å². The van der Waals surface area contributed by atoms with Crippen molar-refractivity contribution in [2.75, 3.05) is 10.7 Å². The van der Waals surface area contributed by atoms with E-state index in [1.54, 1.807) is 11.3 Å². The highest BCUT2D eigenvalue weighted by atomic mass is 79.9. The van der Waals surface area contributed by atoms with Crippen LogP contribution in [0.15, 0.2) is 34.2 Å². The smallest absolute Gasteiger partial charge is 0.0797 e. The van der Waals surface area contributed by atoms with Crippen molar-refractivity contribution in [1.29, 1.82) is 0 Å². The Hall–Kier alpha value is 0.290. The van der Waals surface area contributed by atoms with Gasteiger partial charge in [-0.3, -0.25) is 0 Å². The van der Waals surface area contributed by atoms with E-state index in [0.29, 0.717) is 0 Å². The van der Waals surface area contributed by atoms with E-state index >= 15 is 0 Å². The Morgan fingerprint density at radius 1 is 1.25 bits per heavy atom. The summed E-state index contributed by atoms with van der Waals surface area (Å²) >= 11 is 12.8. The molecule has 0 bridgehead atoms. The minimum Gasteiger partial charge on any atom is -0.250 e. The van der Waals surface area contributed by atoms with Crippen molar-refractivity contribution in [2.45, 2.75) is 25.2 Å². The van der Waals surface area contributed by atoms with Gasteiger partial charge in [-0.25, -0.2) is 4.98 Å². The van der Waals surface area contributed by atoms with Crippen LogP contribution in [0.3, 0.4) is 0 Å². The van der Waals surface area contributed by atoms with Crippen molar-refractivity contribution in [3.8, 4) is 0 Å². The van der Waals surface area contributed by atoms with E-state index in [1.807, 2.05) is 5.51 Å². The van der Waals surface area contributed by atoms with E-state index in [4.69, 9.17) is 0 Å². The molecule has 0 N–H and O–H groups in total.